The molecule has 8 nitrogen and oxygen atoms in total. The molecule has 2 rings (SSSR count). The Morgan fingerprint density at radius 3 is 1.65 bits per heavy atom. The van der Waals surface area contributed by atoms with Crippen LogP contribution in [0.1, 0.15) is 143 Å². The second-order valence-electron chi connectivity index (χ2n) is 13.4. The van der Waals surface area contributed by atoms with E-state index in [2.05, 4.69) is 51.0 Å². The highest BCUT2D eigenvalue weighted by atomic mass is 32.2. The fourth-order valence-corrected chi connectivity index (χ4v) is 7.99. The maximum atomic E-state index is 14.1. The fourth-order valence-electron chi connectivity index (χ4n) is 5.67. The van der Waals surface area contributed by atoms with Gasteiger partial charge in [0.25, 0.3) is 10.0 Å². The Hall–Kier alpha value is -2.30. The van der Waals surface area contributed by atoms with E-state index < -0.39 is 20.0 Å². The lowest BCUT2D eigenvalue weighted by Gasteiger charge is -2.26. The molecule has 2 N–H and O–H groups in total. The summed E-state index contributed by atoms with van der Waals surface area (Å²) in [4.78, 5) is -0.0964. The largest absolute Gasteiger partial charge is 0.492 e. The number of hydrogen-bond acceptors (Lipinski definition) is 6. The Morgan fingerprint density at radius 2 is 1.10 bits per heavy atom. The van der Waals surface area contributed by atoms with Gasteiger partial charge in [-0.25, -0.2) is 21.6 Å². The minimum Gasteiger partial charge on any atom is -0.492 e. The molecule has 0 aliphatic carbocycles. The minimum absolute atomic E-state index is 0.0400. The number of ether oxygens (including phenoxy) is 2. The van der Waals surface area contributed by atoms with Crippen molar-refractivity contribution in [3.05, 3.63) is 48.9 Å². The van der Waals surface area contributed by atoms with Gasteiger partial charge in [0, 0.05) is 6.54 Å². The van der Waals surface area contributed by atoms with Gasteiger partial charge in [-0.1, -0.05) is 124 Å². The highest BCUT2D eigenvalue weighted by Gasteiger charge is 2.27. The molecule has 0 heterocycles. The first kappa shape index (κ1) is 41.9. The molecule has 10 heteroatoms. The Labute approximate surface area is 293 Å². The molecule has 2 aromatic rings. The molecule has 0 aromatic heterocycles. The lowest BCUT2D eigenvalue weighted by atomic mass is 9.80. The van der Waals surface area contributed by atoms with Crippen LogP contribution in [0.15, 0.2) is 46.2 Å². The van der Waals surface area contributed by atoms with Gasteiger partial charge in [-0.15, -0.1) is 0 Å². The molecule has 0 saturated heterocycles. The van der Waals surface area contributed by atoms with Gasteiger partial charge in [-0.3, -0.25) is 4.72 Å². The molecular weight excluding hydrogens is 645 g/mol. The number of hydrogen-bond donors (Lipinski definition) is 2. The monoisotopic (exact) mass is 707 g/mol. The van der Waals surface area contributed by atoms with Crippen LogP contribution >= 0.6 is 0 Å². The highest BCUT2D eigenvalue weighted by molar-refractivity contribution is 7.92. The van der Waals surface area contributed by atoms with Crippen LogP contribution in [-0.4, -0.2) is 36.6 Å². The first-order valence-corrected chi connectivity index (χ1v) is 21.2. The van der Waals surface area contributed by atoms with Crippen LogP contribution in [0.5, 0.6) is 11.5 Å². The maximum absolute atomic E-state index is 14.1. The molecule has 0 bridgehead atoms. The van der Waals surface area contributed by atoms with Crippen molar-refractivity contribution in [3.8, 4) is 11.5 Å². The van der Waals surface area contributed by atoms with Gasteiger partial charge < -0.3 is 9.47 Å². The zero-order valence-corrected chi connectivity index (χ0v) is 32.0. The van der Waals surface area contributed by atoms with E-state index in [0.29, 0.717) is 13.2 Å². The minimum atomic E-state index is -4.17. The number of benzene rings is 2. The summed E-state index contributed by atoms with van der Waals surface area (Å²) in [5, 5.41) is 0. The van der Waals surface area contributed by atoms with E-state index in [4.69, 9.17) is 9.47 Å². The zero-order chi connectivity index (χ0) is 35.5. The third-order valence-electron chi connectivity index (χ3n) is 8.71. The number of sulfonamides is 2. The van der Waals surface area contributed by atoms with Gasteiger partial charge in [0.2, 0.25) is 10.0 Å². The van der Waals surface area contributed by atoms with Gasteiger partial charge in [0.05, 0.1) is 18.9 Å². The molecule has 48 heavy (non-hydrogen) atoms. The molecule has 0 aliphatic heterocycles. The van der Waals surface area contributed by atoms with E-state index in [0.717, 1.165) is 69.8 Å². The fraction of sp³-hybridized carbons (Fsp3) is 0.658. The lowest BCUT2D eigenvalue weighted by Crippen LogP contribution is -2.24. The standard InChI is InChI=1S/C38H63N2O6S2/c1-7-11-14-16-18-21-28-45-34-25-23-32(38(5,6)27-20-13-9-3)30-36(34)48(43,44)40-33-24-26-35(37(31-33)47(41,42)39-10-4)46-29-22-19-17-15-12-8-2/h23-26,30-31,39-40H,4,7-22,27-29H2,1-3,5-6H3. The van der Waals surface area contributed by atoms with Crippen molar-refractivity contribution in [2.45, 2.75) is 153 Å². The van der Waals surface area contributed by atoms with Crippen LogP contribution in [0, 0.1) is 6.92 Å². The molecule has 273 valence electrons. The van der Waals surface area contributed by atoms with Crippen LogP contribution < -0.4 is 18.9 Å². The predicted molar refractivity (Wildman–Crippen MR) is 199 cm³/mol. The van der Waals surface area contributed by atoms with Crippen LogP contribution in [0.2, 0.25) is 0 Å². The van der Waals surface area contributed by atoms with Crippen molar-refractivity contribution in [3.63, 3.8) is 0 Å². The summed E-state index contributed by atoms with van der Waals surface area (Å²) in [6.07, 6.45) is 17.2. The first-order valence-electron chi connectivity index (χ1n) is 18.3. The molecule has 0 aliphatic rings. The quantitative estimate of drug-likeness (QED) is 0.0895. The van der Waals surface area contributed by atoms with Crippen LogP contribution in [0.4, 0.5) is 5.69 Å². The molecule has 0 saturated carbocycles. The van der Waals surface area contributed by atoms with E-state index in [-0.39, 0.29) is 38.9 Å². The van der Waals surface area contributed by atoms with Crippen molar-refractivity contribution in [1.82, 2.24) is 4.72 Å². The SMILES string of the molecule is [CH2]CNS(=O)(=O)c1cc(NS(=O)(=O)c2cc(C(C)(C)CCCCC)ccc2OCCCCCCCC)ccc1OCCCCCCCC. The summed E-state index contributed by atoms with van der Waals surface area (Å²) in [5.41, 5.74) is 0.779. The Kier molecular flexibility index (Phi) is 18.9. The molecule has 2 aromatic carbocycles. The van der Waals surface area contributed by atoms with E-state index in [1.165, 1.54) is 56.7 Å². The number of nitrogens with one attached hydrogen (secondary N) is 2. The smallest absolute Gasteiger partial charge is 0.265 e. The number of anilines is 1. The van der Waals surface area contributed by atoms with Gasteiger partial charge in [0.1, 0.15) is 21.3 Å². The van der Waals surface area contributed by atoms with E-state index in [1.807, 2.05) is 6.07 Å². The van der Waals surface area contributed by atoms with Crippen molar-refractivity contribution in [1.29, 1.82) is 0 Å². The zero-order valence-electron chi connectivity index (χ0n) is 30.4. The van der Waals surface area contributed by atoms with Crippen molar-refractivity contribution in [2.75, 3.05) is 24.5 Å². The maximum Gasteiger partial charge on any atom is 0.265 e. The Balaban J connectivity index is 2.38. The summed E-state index contributed by atoms with van der Waals surface area (Å²) >= 11 is 0. The second-order valence-corrected chi connectivity index (χ2v) is 16.8. The van der Waals surface area contributed by atoms with Gasteiger partial charge in [-0.2, -0.15) is 0 Å². The summed E-state index contributed by atoms with van der Waals surface area (Å²) in [5.74, 6) is 0.459. The van der Waals surface area contributed by atoms with E-state index in [1.54, 1.807) is 12.1 Å². The molecular formula is C38H63N2O6S2. The molecule has 0 spiro atoms. The average Bonchev–Trinajstić information content (AvgIpc) is 3.04. The molecule has 0 fully saturated rings. The summed E-state index contributed by atoms with van der Waals surface area (Å²) in [7, 11) is -8.17. The molecule has 0 unspecified atom stereocenters. The normalized spacial score (nSPS) is 12.3. The second kappa shape index (κ2) is 21.7. The van der Waals surface area contributed by atoms with Crippen LogP contribution in [-0.2, 0) is 25.5 Å². The van der Waals surface area contributed by atoms with Gasteiger partial charge in [0.15, 0.2) is 0 Å². The first-order chi connectivity index (χ1) is 22.9. The van der Waals surface area contributed by atoms with E-state index in [9.17, 15) is 16.8 Å². The summed E-state index contributed by atoms with van der Waals surface area (Å²) in [6.45, 7) is 15.1. The van der Waals surface area contributed by atoms with Crippen molar-refractivity contribution in [2.24, 2.45) is 0 Å². The van der Waals surface area contributed by atoms with Crippen LogP contribution in [0.25, 0.3) is 0 Å². The molecule has 0 atom stereocenters. The summed E-state index contributed by atoms with van der Waals surface area (Å²) < 4.78 is 71.5. The molecule has 1 radical (unpaired) electrons. The lowest BCUT2D eigenvalue weighted by molar-refractivity contribution is 0.296. The average molecular weight is 708 g/mol. The number of rotatable bonds is 27. The predicted octanol–water partition coefficient (Wildman–Crippen LogP) is 9.94. The van der Waals surface area contributed by atoms with Crippen LogP contribution in [0.3, 0.4) is 0 Å². The third-order valence-corrected chi connectivity index (χ3v) is 11.6. The van der Waals surface area contributed by atoms with Crippen molar-refractivity contribution < 1.29 is 26.3 Å². The Morgan fingerprint density at radius 1 is 0.625 bits per heavy atom. The molecule has 0 amide bonds. The van der Waals surface area contributed by atoms with Gasteiger partial charge >= 0.3 is 0 Å². The number of unbranched alkanes of at least 4 members (excludes halogenated alkanes) is 12. The highest BCUT2D eigenvalue weighted by Crippen LogP contribution is 2.36. The van der Waals surface area contributed by atoms with E-state index >= 15 is 0 Å². The Bertz CT molecular complexity index is 1420. The summed E-state index contributed by atoms with van der Waals surface area (Å²) in [6, 6.07) is 9.79. The topological polar surface area (TPSA) is 111 Å². The van der Waals surface area contributed by atoms with Gasteiger partial charge in [-0.05, 0) is 67.5 Å². The third kappa shape index (κ3) is 14.3. The van der Waals surface area contributed by atoms with Crippen molar-refractivity contribution >= 4 is 25.7 Å².